The van der Waals surface area contributed by atoms with Crippen molar-refractivity contribution in [1.29, 1.82) is 0 Å². The second-order valence-corrected chi connectivity index (χ2v) is 6.06. The standard InChI is InChI=1S/C14H30N4O/c1-5-14(2,12-15)13(19)18-10-8-17(9-11-18)7-6-16(3)4/h5-12,15H2,1-4H3. The third kappa shape index (κ3) is 4.44. The fraction of sp³-hybridized carbons (Fsp3) is 0.929. The first-order valence-corrected chi connectivity index (χ1v) is 7.29. The molecule has 2 N–H and O–H groups in total. The molecule has 1 fully saturated rings. The molecule has 1 rings (SSSR count). The van der Waals surface area contributed by atoms with Crippen LogP contribution in [0.4, 0.5) is 0 Å². The molecule has 1 aliphatic heterocycles. The Balaban J connectivity index is 2.43. The van der Waals surface area contributed by atoms with Crippen LogP contribution < -0.4 is 5.73 Å². The molecular weight excluding hydrogens is 240 g/mol. The van der Waals surface area contributed by atoms with Gasteiger partial charge in [0.15, 0.2) is 0 Å². The van der Waals surface area contributed by atoms with Crippen molar-refractivity contribution < 1.29 is 4.79 Å². The summed E-state index contributed by atoms with van der Waals surface area (Å²) >= 11 is 0. The Morgan fingerprint density at radius 3 is 2.26 bits per heavy atom. The van der Waals surface area contributed by atoms with Gasteiger partial charge in [0, 0.05) is 45.8 Å². The lowest BCUT2D eigenvalue weighted by Gasteiger charge is -2.39. The number of hydrogen-bond donors (Lipinski definition) is 1. The summed E-state index contributed by atoms with van der Waals surface area (Å²) < 4.78 is 0. The topological polar surface area (TPSA) is 52.8 Å². The quantitative estimate of drug-likeness (QED) is 0.742. The lowest BCUT2D eigenvalue weighted by molar-refractivity contribution is -0.142. The van der Waals surface area contributed by atoms with Crippen LogP contribution in [0.5, 0.6) is 0 Å². The van der Waals surface area contributed by atoms with Crippen molar-refractivity contribution in [3.8, 4) is 0 Å². The highest BCUT2D eigenvalue weighted by atomic mass is 16.2. The van der Waals surface area contributed by atoms with Crippen LogP contribution in [-0.2, 0) is 4.79 Å². The largest absolute Gasteiger partial charge is 0.340 e. The second-order valence-electron chi connectivity index (χ2n) is 6.06. The van der Waals surface area contributed by atoms with Crippen molar-refractivity contribution in [2.24, 2.45) is 11.1 Å². The molecule has 5 nitrogen and oxygen atoms in total. The van der Waals surface area contributed by atoms with E-state index in [1.807, 2.05) is 18.7 Å². The number of nitrogens with zero attached hydrogens (tertiary/aromatic N) is 3. The molecule has 0 aromatic rings. The Labute approximate surface area is 117 Å². The third-order valence-corrected chi connectivity index (χ3v) is 4.27. The number of carbonyl (C=O) groups excluding carboxylic acids is 1. The normalized spacial score (nSPS) is 20.6. The predicted molar refractivity (Wildman–Crippen MR) is 79.0 cm³/mol. The molecule has 1 aliphatic rings. The highest BCUT2D eigenvalue weighted by molar-refractivity contribution is 5.82. The van der Waals surface area contributed by atoms with Crippen LogP contribution in [0.25, 0.3) is 0 Å². The Morgan fingerprint density at radius 1 is 1.26 bits per heavy atom. The van der Waals surface area contributed by atoms with Gasteiger partial charge in [-0.2, -0.15) is 0 Å². The third-order valence-electron chi connectivity index (χ3n) is 4.27. The van der Waals surface area contributed by atoms with Crippen molar-refractivity contribution in [3.05, 3.63) is 0 Å². The van der Waals surface area contributed by atoms with Crippen LogP contribution in [0.3, 0.4) is 0 Å². The minimum atomic E-state index is -0.383. The number of carbonyl (C=O) groups is 1. The number of amides is 1. The second kappa shape index (κ2) is 7.22. The van der Waals surface area contributed by atoms with E-state index in [-0.39, 0.29) is 11.3 Å². The van der Waals surface area contributed by atoms with Gasteiger partial charge in [-0.05, 0) is 27.4 Å². The summed E-state index contributed by atoms with van der Waals surface area (Å²) in [5, 5.41) is 0. The van der Waals surface area contributed by atoms with Gasteiger partial charge in [-0.25, -0.2) is 0 Å². The molecule has 1 saturated heterocycles. The number of rotatable bonds is 6. The number of nitrogens with two attached hydrogens (primary N) is 1. The van der Waals surface area contributed by atoms with Gasteiger partial charge >= 0.3 is 0 Å². The van der Waals surface area contributed by atoms with Crippen molar-refractivity contribution in [2.45, 2.75) is 20.3 Å². The van der Waals surface area contributed by atoms with Gasteiger partial charge in [-0.3, -0.25) is 9.69 Å². The average Bonchev–Trinajstić information content (AvgIpc) is 2.44. The first-order chi connectivity index (χ1) is 8.92. The molecular formula is C14H30N4O. The van der Waals surface area contributed by atoms with E-state index in [4.69, 9.17) is 5.73 Å². The monoisotopic (exact) mass is 270 g/mol. The van der Waals surface area contributed by atoms with Crippen molar-refractivity contribution >= 4 is 5.91 Å². The highest BCUT2D eigenvalue weighted by Gasteiger charge is 2.34. The molecule has 0 spiro atoms. The highest BCUT2D eigenvalue weighted by Crippen LogP contribution is 2.23. The van der Waals surface area contributed by atoms with Crippen LogP contribution in [-0.4, -0.2) is 80.5 Å². The summed E-state index contributed by atoms with van der Waals surface area (Å²) in [6.07, 6.45) is 0.809. The van der Waals surface area contributed by atoms with Gasteiger partial charge in [0.2, 0.25) is 5.91 Å². The first kappa shape index (κ1) is 16.4. The van der Waals surface area contributed by atoms with E-state index >= 15 is 0 Å². The Morgan fingerprint density at radius 2 is 1.84 bits per heavy atom. The van der Waals surface area contributed by atoms with Gasteiger partial charge in [0.25, 0.3) is 0 Å². The SMILES string of the molecule is CCC(C)(CN)C(=O)N1CCN(CCN(C)C)CC1. The van der Waals surface area contributed by atoms with Gasteiger partial charge in [-0.1, -0.05) is 6.92 Å². The van der Waals surface area contributed by atoms with E-state index in [2.05, 4.69) is 23.9 Å². The molecule has 0 bridgehead atoms. The molecule has 1 atom stereocenters. The fourth-order valence-electron chi connectivity index (χ4n) is 2.28. The molecule has 1 heterocycles. The number of piperazine rings is 1. The zero-order valence-corrected chi connectivity index (χ0v) is 13.0. The molecule has 0 aromatic carbocycles. The van der Waals surface area contributed by atoms with Crippen molar-refractivity contribution in [2.75, 3.05) is 59.9 Å². The summed E-state index contributed by atoms with van der Waals surface area (Å²) in [5.74, 6) is 0.227. The lowest BCUT2D eigenvalue weighted by atomic mass is 9.86. The van der Waals surface area contributed by atoms with E-state index in [9.17, 15) is 4.79 Å². The zero-order valence-electron chi connectivity index (χ0n) is 13.0. The molecule has 1 amide bonds. The van der Waals surface area contributed by atoms with Crippen molar-refractivity contribution in [1.82, 2.24) is 14.7 Å². The smallest absolute Gasteiger partial charge is 0.229 e. The Kier molecular flexibility index (Phi) is 6.23. The minimum absolute atomic E-state index is 0.227. The Hall–Kier alpha value is -0.650. The maximum absolute atomic E-state index is 12.5. The molecule has 19 heavy (non-hydrogen) atoms. The van der Waals surface area contributed by atoms with Crippen LogP contribution in [0, 0.1) is 5.41 Å². The first-order valence-electron chi connectivity index (χ1n) is 7.29. The van der Waals surface area contributed by atoms with E-state index in [1.165, 1.54) is 0 Å². The molecule has 0 radical (unpaired) electrons. The van der Waals surface area contributed by atoms with Gasteiger partial charge in [0.1, 0.15) is 0 Å². The molecule has 0 aromatic heterocycles. The Bertz CT molecular complexity index is 281. The molecule has 0 aliphatic carbocycles. The molecule has 5 heteroatoms. The number of likely N-dealkylation sites (N-methyl/N-ethyl adjacent to an activating group) is 1. The van der Waals surface area contributed by atoms with Crippen LogP contribution in [0.15, 0.2) is 0 Å². The summed E-state index contributed by atoms with van der Waals surface area (Å²) in [7, 11) is 4.18. The van der Waals surface area contributed by atoms with Gasteiger partial charge < -0.3 is 15.5 Å². The summed E-state index contributed by atoms with van der Waals surface area (Å²) in [6, 6.07) is 0. The molecule has 112 valence electrons. The van der Waals surface area contributed by atoms with E-state index in [1.54, 1.807) is 0 Å². The number of hydrogen-bond acceptors (Lipinski definition) is 4. The van der Waals surface area contributed by atoms with Crippen LogP contribution >= 0.6 is 0 Å². The zero-order chi connectivity index (χ0) is 14.5. The summed E-state index contributed by atoms with van der Waals surface area (Å²) in [4.78, 5) is 19.1. The molecule has 1 unspecified atom stereocenters. The van der Waals surface area contributed by atoms with E-state index in [0.29, 0.717) is 6.54 Å². The van der Waals surface area contributed by atoms with E-state index < -0.39 is 0 Å². The maximum atomic E-state index is 12.5. The van der Waals surface area contributed by atoms with Crippen molar-refractivity contribution in [3.63, 3.8) is 0 Å². The van der Waals surface area contributed by atoms with Crippen LogP contribution in [0.1, 0.15) is 20.3 Å². The molecule has 0 saturated carbocycles. The van der Waals surface area contributed by atoms with Crippen LogP contribution in [0.2, 0.25) is 0 Å². The van der Waals surface area contributed by atoms with E-state index in [0.717, 1.165) is 45.7 Å². The predicted octanol–water partition coefficient (Wildman–Crippen LogP) is 0.0672. The minimum Gasteiger partial charge on any atom is -0.340 e. The van der Waals surface area contributed by atoms with Gasteiger partial charge in [-0.15, -0.1) is 0 Å². The van der Waals surface area contributed by atoms with Gasteiger partial charge in [0.05, 0.1) is 5.41 Å². The lowest BCUT2D eigenvalue weighted by Crippen LogP contribution is -2.54. The maximum Gasteiger partial charge on any atom is 0.229 e. The summed E-state index contributed by atoms with van der Waals surface area (Å²) in [5.41, 5.74) is 5.39. The average molecular weight is 270 g/mol. The summed E-state index contributed by atoms with van der Waals surface area (Å²) in [6.45, 7) is 10.2. The fourth-order valence-corrected chi connectivity index (χ4v) is 2.28.